The highest BCUT2D eigenvalue weighted by atomic mass is 16.6. The Morgan fingerprint density at radius 2 is 2.32 bits per heavy atom. The summed E-state index contributed by atoms with van der Waals surface area (Å²) in [5.74, 6) is 0.374. The molecule has 0 aliphatic heterocycles. The van der Waals surface area contributed by atoms with Crippen LogP contribution < -0.4 is 0 Å². The maximum absolute atomic E-state index is 11.2. The second kappa shape index (κ2) is 4.89. The lowest BCUT2D eigenvalue weighted by molar-refractivity contribution is -0.385. The van der Waals surface area contributed by atoms with Gasteiger partial charge in [-0.1, -0.05) is 6.92 Å². The SMILES string of the molecule is CCCn1nc(C)c([N+](=O)[O-])c1-n1ccnc1C#N. The molecular weight excluding hydrogens is 248 g/mol. The first-order valence-corrected chi connectivity index (χ1v) is 5.75. The highest BCUT2D eigenvalue weighted by Gasteiger charge is 2.27. The summed E-state index contributed by atoms with van der Waals surface area (Å²) in [5.41, 5.74) is 0.231. The molecule has 0 aliphatic rings. The molecule has 0 fully saturated rings. The molecule has 0 unspecified atom stereocenters. The normalized spacial score (nSPS) is 10.4. The van der Waals surface area contributed by atoms with E-state index in [0.29, 0.717) is 12.2 Å². The van der Waals surface area contributed by atoms with Crippen LogP contribution in [-0.4, -0.2) is 24.3 Å². The minimum Gasteiger partial charge on any atom is -0.270 e. The molecule has 0 bridgehead atoms. The Kier molecular flexibility index (Phi) is 3.29. The third kappa shape index (κ3) is 2.06. The van der Waals surface area contributed by atoms with E-state index >= 15 is 0 Å². The van der Waals surface area contributed by atoms with Gasteiger partial charge in [-0.2, -0.15) is 10.4 Å². The smallest absolute Gasteiger partial charge is 0.270 e. The minimum absolute atomic E-state index is 0.0945. The van der Waals surface area contributed by atoms with Crippen molar-refractivity contribution in [3.63, 3.8) is 0 Å². The van der Waals surface area contributed by atoms with Crippen molar-refractivity contribution >= 4 is 5.69 Å². The van der Waals surface area contributed by atoms with E-state index < -0.39 is 4.92 Å². The molecule has 0 spiro atoms. The van der Waals surface area contributed by atoms with Crippen LogP contribution in [0.3, 0.4) is 0 Å². The van der Waals surface area contributed by atoms with E-state index in [2.05, 4.69) is 10.1 Å². The molecule has 19 heavy (non-hydrogen) atoms. The molecule has 0 N–H and O–H groups in total. The Hall–Kier alpha value is -2.69. The molecule has 0 radical (unpaired) electrons. The van der Waals surface area contributed by atoms with Gasteiger partial charge in [-0.25, -0.2) is 9.67 Å². The van der Waals surface area contributed by atoms with Gasteiger partial charge in [-0.05, 0) is 13.3 Å². The summed E-state index contributed by atoms with van der Waals surface area (Å²) in [6.45, 7) is 4.07. The van der Waals surface area contributed by atoms with Crippen molar-refractivity contribution in [2.75, 3.05) is 0 Å². The van der Waals surface area contributed by atoms with Crippen LogP contribution in [0, 0.1) is 28.4 Å². The van der Waals surface area contributed by atoms with Gasteiger partial charge < -0.3 is 0 Å². The van der Waals surface area contributed by atoms with Crippen molar-refractivity contribution in [1.82, 2.24) is 19.3 Å². The summed E-state index contributed by atoms with van der Waals surface area (Å²) in [7, 11) is 0. The van der Waals surface area contributed by atoms with Crippen LogP contribution >= 0.6 is 0 Å². The number of imidazole rings is 1. The summed E-state index contributed by atoms with van der Waals surface area (Å²) in [6, 6.07) is 1.91. The number of aryl methyl sites for hydroxylation is 2. The standard InChI is InChI=1S/C11H12N6O2/c1-3-5-16-11(10(17(18)19)8(2)14-16)15-6-4-13-9(15)7-12/h4,6H,3,5H2,1-2H3. The van der Waals surface area contributed by atoms with Gasteiger partial charge in [0.2, 0.25) is 11.6 Å². The van der Waals surface area contributed by atoms with Crippen molar-refractivity contribution < 1.29 is 4.92 Å². The van der Waals surface area contributed by atoms with E-state index in [4.69, 9.17) is 5.26 Å². The largest absolute Gasteiger partial charge is 0.334 e. The maximum Gasteiger partial charge on any atom is 0.334 e. The number of nitro groups is 1. The monoisotopic (exact) mass is 260 g/mol. The second-order valence-electron chi connectivity index (χ2n) is 3.97. The molecule has 0 saturated heterocycles. The zero-order valence-electron chi connectivity index (χ0n) is 10.6. The third-order valence-corrected chi connectivity index (χ3v) is 2.66. The molecule has 0 saturated carbocycles. The molecule has 2 rings (SSSR count). The third-order valence-electron chi connectivity index (χ3n) is 2.66. The van der Waals surface area contributed by atoms with Crippen LogP contribution in [0.4, 0.5) is 5.69 Å². The zero-order chi connectivity index (χ0) is 14.0. The first-order chi connectivity index (χ1) is 9.10. The van der Waals surface area contributed by atoms with Gasteiger partial charge in [-0.15, -0.1) is 0 Å². The summed E-state index contributed by atoms with van der Waals surface area (Å²) < 4.78 is 2.93. The molecule has 0 aromatic carbocycles. The average molecular weight is 260 g/mol. The molecule has 8 heteroatoms. The van der Waals surface area contributed by atoms with Gasteiger partial charge in [0.05, 0.1) is 4.92 Å². The Bertz CT molecular complexity index is 663. The molecule has 8 nitrogen and oxygen atoms in total. The Morgan fingerprint density at radius 3 is 2.89 bits per heavy atom. The second-order valence-corrected chi connectivity index (χ2v) is 3.97. The molecule has 98 valence electrons. The lowest BCUT2D eigenvalue weighted by atomic mass is 10.3. The first-order valence-electron chi connectivity index (χ1n) is 5.75. The number of hydrogen-bond acceptors (Lipinski definition) is 5. The van der Waals surface area contributed by atoms with E-state index in [-0.39, 0.29) is 17.3 Å². The summed E-state index contributed by atoms with van der Waals surface area (Å²) >= 11 is 0. The number of nitrogens with zero attached hydrogens (tertiary/aromatic N) is 6. The number of hydrogen-bond donors (Lipinski definition) is 0. The highest BCUT2D eigenvalue weighted by Crippen LogP contribution is 2.27. The van der Waals surface area contributed by atoms with Gasteiger partial charge in [0, 0.05) is 18.9 Å². The van der Waals surface area contributed by atoms with Crippen molar-refractivity contribution in [2.45, 2.75) is 26.8 Å². The molecule has 0 amide bonds. The van der Waals surface area contributed by atoms with E-state index in [1.54, 1.807) is 6.92 Å². The van der Waals surface area contributed by atoms with Crippen LogP contribution in [0.15, 0.2) is 12.4 Å². The number of nitriles is 1. The van der Waals surface area contributed by atoms with Crippen LogP contribution in [0.25, 0.3) is 5.82 Å². The lowest BCUT2D eigenvalue weighted by Crippen LogP contribution is -2.09. The fraction of sp³-hybridized carbons (Fsp3) is 0.364. The molecular formula is C11H12N6O2. The van der Waals surface area contributed by atoms with Gasteiger partial charge in [-0.3, -0.25) is 14.7 Å². The van der Waals surface area contributed by atoms with Crippen LogP contribution in [0.1, 0.15) is 24.9 Å². The van der Waals surface area contributed by atoms with E-state index in [1.807, 2.05) is 13.0 Å². The Morgan fingerprint density at radius 1 is 1.58 bits per heavy atom. The number of aromatic nitrogens is 4. The van der Waals surface area contributed by atoms with Crippen molar-refractivity contribution in [2.24, 2.45) is 0 Å². The van der Waals surface area contributed by atoms with Crippen molar-refractivity contribution in [3.05, 3.63) is 34.0 Å². The molecule has 2 aromatic heterocycles. The van der Waals surface area contributed by atoms with Gasteiger partial charge in [0.25, 0.3) is 0 Å². The highest BCUT2D eigenvalue weighted by molar-refractivity contribution is 5.52. The predicted octanol–water partition coefficient (Wildman–Crippen LogP) is 1.57. The molecule has 2 aromatic rings. The Labute approximate surface area is 109 Å². The molecule has 0 aliphatic carbocycles. The van der Waals surface area contributed by atoms with Crippen LogP contribution in [0.2, 0.25) is 0 Å². The average Bonchev–Trinajstić information content (AvgIpc) is 2.92. The van der Waals surface area contributed by atoms with Crippen molar-refractivity contribution in [1.29, 1.82) is 5.26 Å². The quantitative estimate of drug-likeness (QED) is 0.613. The molecule has 0 atom stereocenters. The van der Waals surface area contributed by atoms with Crippen molar-refractivity contribution in [3.8, 4) is 11.9 Å². The molecule has 2 heterocycles. The summed E-state index contributed by atoms with van der Waals surface area (Å²) in [5, 5.41) is 24.4. The van der Waals surface area contributed by atoms with Crippen LogP contribution in [0.5, 0.6) is 0 Å². The lowest BCUT2D eigenvalue weighted by Gasteiger charge is -2.06. The van der Waals surface area contributed by atoms with E-state index in [0.717, 1.165) is 6.42 Å². The minimum atomic E-state index is -0.481. The fourth-order valence-corrected chi connectivity index (χ4v) is 1.94. The van der Waals surface area contributed by atoms with Gasteiger partial charge in [0.15, 0.2) is 0 Å². The summed E-state index contributed by atoms with van der Waals surface area (Å²) in [4.78, 5) is 14.6. The predicted molar refractivity (Wildman–Crippen MR) is 65.7 cm³/mol. The van der Waals surface area contributed by atoms with Gasteiger partial charge >= 0.3 is 5.69 Å². The number of rotatable bonds is 4. The Balaban J connectivity index is 2.73. The summed E-state index contributed by atoms with van der Waals surface area (Å²) in [6.07, 6.45) is 3.73. The maximum atomic E-state index is 11.2. The topological polar surface area (TPSA) is 103 Å². The first kappa shape index (κ1) is 12.8. The van der Waals surface area contributed by atoms with Crippen LogP contribution in [-0.2, 0) is 6.54 Å². The zero-order valence-corrected chi connectivity index (χ0v) is 10.6. The van der Waals surface area contributed by atoms with Gasteiger partial charge in [0.1, 0.15) is 11.8 Å². The van der Waals surface area contributed by atoms with E-state index in [1.165, 1.54) is 21.6 Å². The van der Waals surface area contributed by atoms with E-state index in [9.17, 15) is 10.1 Å². The fourth-order valence-electron chi connectivity index (χ4n) is 1.94.